The Bertz CT molecular complexity index is 779. The van der Waals surface area contributed by atoms with Gasteiger partial charge in [0, 0.05) is 23.0 Å². The number of aromatic nitrogens is 1. The largest absolute Gasteiger partial charge is 0.497 e. The van der Waals surface area contributed by atoms with Crippen molar-refractivity contribution in [2.75, 3.05) is 12.4 Å². The van der Waals surface area contributed by atoms with E-state index in [0.717, 1.165) is 28.0 Å². The van der Waals surface area contributed by atoms with E-state index in [1.807, 2.05) is 36.5 Å². The fraction of sp³-hybridized carbons (Fsp3) is 0.167. The molecule has 0 spiro atoms. The van der Waals surface area contributed by atoms with Crippen molar-refractivity contribution in [1.29, 1.82) is 0 Å². The number of anilines is 2. The van der Waals surface area contributed by atoms with E-state index in [9.17, 15) is 0 Å². The van der Waals surface area contributed by atoms with Crippen molar-refractivity contribution in [3.05, 3.63) is 59.8 Å². The predicted molar refractivity (Wildman–Crippen MR) is 87.5 cm³/mol. The number of benzene rings is 2. The van der Waals surface area contributed by atoms with Crippen molar-refractivity contribution >= 4 is 22.3 Å². The van der Waals surface area contributed by atoms with Gasteiger partial charge in [0.15, 0.2) is 0 Å². The van der Waals surface area contributed by atoms with E-state index >= 15 is 0 Å². The lowest BCUT2D eigenvalue weighted by molar-refractivity contribution is 0.415. The lowest BCUT2D eigenvalue weighted by atomic mass is 10.1. The van der Waals surface area contributed by atoms with Gasteiger partial charge in [-0.2, -0.15) is 0 Å². The minimum Gasteiger partial charge on any atom is -0.497 e. The second-order valence-electron chi connectivity index (χ2n) is 5.19. The molecule has 0 saturated carbocycles. The van der Waals surface area contributed by atoms with E-state index in [4.69, 9.17) is 4.74 Å². The Hall–Kier alpha value is -2.55. The molecule has 0 saturated heterocycles. The van der Waals surface area contributed by atoms with Gasteiger partial charge in [0.1, 0.15) is 5.75 Å². The Kier molecular flexibility index (Phi) is 3.48. The third-order valence-corrected chi connectivity index (χ3v) is 3.55. The number of pyridine rings is 1. The van der Waals surface area contributed by atoms with Gasteiger partial charge in [-0.1, -0.05) is 11.6 Å². The van der Waals surface area contributed by atoms with Gasteiger partial charge in [0.2, 0.25) is 0 Å². The van der Waals surface area contributed by atoms with E-state index in [2.05, 4.69) is 36.3 Å². The topological polar surface area (TPSA) is 34.1 Å². The van der Waals surface area contributed by atoms with Crippen molar-refractivity contribution in [1.82, 2.24) is 4.98 Å². The molecule has 1 N–H and O–H groups in total. The molecule has 1 heterocycles. The van der Waals surface area contributed by atoms with Gasteiger partial charge in [0.05, 0.1) is 12.6 Å². The van der Waals surface area contributed by atoms with E-state index in [1.165, 1.54) is 11.1 Å². The number of aryl methyl sites for hydroxylation is 2. The molecule has 3 aromatic rings. The maximum atomic E-state index is 5.18. The number of fused-ring (bicyclic) bond motifs is 1. The lowest BCUT2D eigenvalue weighted by Crippen LogP contribution is -1.94. The molecular formula is C18H18N2O. The molecule has 0 aliphatic carbocycles. The summed E-state index contributed by atoms with van der Waals surface area (Å²) in [6.45, 7) is 4.20. The van der Waals surface area contributed by atoms with E-state index in [1.54, 1.807) is 7.11 Å². The molecular weight excluding hydrogens is 260 g/mol. The van der Waals surface area contributed by atoms with Crippen LogP contribution in [0.4, 0.5) is 11.4 Å². The monoisotopic (exact) mass is 278 g/mol. The van der Waals surface area contributed by atoms with Crippen LogP contribution in [0.15, 0.2) is 48.7 Å². The van der Waals surface area contributed by atoms with Gasteiger partial charge in [0.25, 0.3) is 0 Å². The van der Waals surface area contributed by atoms with Crippen LogP contribution in [-0.4, -0.2) is 12.1 Å². The fourth-order valence-corrected chi connectivity index (χ4v) is 2.55. The summed E-state index contributed by atoms with van der Waals surface area (Å²) in [5, 5.41) is 4.60. The summed E-state index contributed by atoms with van der Waals surface area (Å²) in [6, 6.07) is 14.2. The molecule has 21 heavy (non-hydrogen) atoms. The highest BCUT2D eigenvalue weighted by atomic mass is 16.5. The van der Waals surface area contributed by atoms with E-state index in [-0.39, 0.29) is 0 Å². The van der Waals surface area contributed by atoms with Crippen molar-refractivity contribution in [2.24, 2.45) is 0 Å². The molecule has 0 unspecified atom stereocenters. The number of methoxy groups -OCH3 is 1. The fourth-order valence-electron chi connectivity index (χ4n) is 2.55. The molecule has 106 valence electrons. The summed E-state index contributed by atoms with van der Waals surface area (Å²) in [6.07, 6.45) is 1.84. The highest BCUT2D eigenvalue weighted by Gasteiger charge is 2.06. The quantitative estimate of drug-likeness (QED) is 0.760. The summed E-state index contributed by atoms with van der Waals surface area (Å²) in [7, 11) is 1.67. The standard InChI is InChI=1S/C18H18N2O/c1-12-10-13(2)18-16(11-12)17(8-9-19-18)20-14-4-6-15(21-3)7-5-14/h4-11H,1-3H3,(H,19,20). The molecule has 0 bridgehead atoms. The van der Waals surface area contributed by atoms with Gasteiger partial charge >= 0.3 is 0 Å². The first-order chi connectivity index (χ1) is 10.2. The second kappa shape index (κ2) is 5.44. The van der Waals surface area contributed by atoms with Crippen LogP contribution < -0.4 is 10.1 Å². The summed E-state index contributed by atoms with van der Waals surface area (Å²) >= 11 is 0. The zero-order valence-electron chi connectivity index (χ0n) is 12.5. The zero-order valence-corrected chi connectivity index (χ0v) is 12.5. The third-order valence-electron chi connectivity index (χ3n) is 3.55. The van der Waals surface area contributed by atoms with Crippen LogP contribution in [0.1, 0.15) is 11.1 Å². The summed E-state index contributed by atoms with van der Waals surface area (Å²) < 4.78 is 5.18. The number of ether oxygens (including phenoxy) is 1. The van der Waals surface area contributed by atoms with Crippen molar-refractivity contribution < 1.29 is 4.74 Å². The zero-order chi connectivity index (χ0) is 14.8. The molecule has 0 aliphatic heterocycles. The number of hydrogen-bond donors (Lipinski definition) is 1. The Morgan fingerprint density at radius 1 is 1.00 bits per heavy atom. The van der Waals surface area contributed by atoms with Crippen LogP contribution in [0, 0.1) is 13.8 Å². The molecule has 3 rings (SSSR count). The van der Waals surface area contributed by atoms with Gasteiger partial charge in [-0.3, -0.25) is 4.98 Å². The van der Waals surface area contributed by atoms with Gasteiger partial charge in [-0.05, 0) is 55.8 Å². The minimum absolute atomic E-state index is 0.854. The molecule has 3 heteroatoms. The summed E-state index contributed by atoms with van der Waals surface area (Å²) in [5.74, 6) is 0.854. The number of nitrogens with zero attached hydrogens (tertiary/aromatic N) is 1. The normalized spacial score (nSPS) is 10.6. The van der Waals surface area contributed by atoms with Crippen LogP contribution in [0.25, 0.3) is 10.9 Å². The van der Waals surface area contributed by atoms with Crippen molar-refractivity contribution in [3.63, 3.8) is 0 Å². The van der Waals surface area contributed by atoms with Gasteiger partial charge in [-0.15, -0.1) is 0 Å². The average Bonchev–Trinajstić information content (AvgIpc) is 2.49. The maximum Gasteiger partial charge on any atom is 0.119 e. The molecule has 3 nitrogen and oxygen atoms in total. The van der Waals surface area contributed by atoms with Crippen molar-refractivity contribution in [2.45, 2.75) is 13.8 Å². The molecule has 0 fully saturated rings. The maximum absolute atomic E-state index is 5.18. The highest BCUT2D eigenvalue weighted by Crippen LogP contribution is 2.28. The summed E-state index contributed by atoms with van der Waals surface area (Å²) in [5.41, 5.74) is 5.58. The van der Waals surface area contributed by atoms with E-state index in [0.29, 0.717) is 0 Å². The average molecular weight is 278 g/mol. The number of rotatable bonds is 3. The van der Waals surface area contributed by atoms with E-state index < -0.39 is 0 Å². The highest BCUT2D eigenvalue weighted by molar-refractivity contribution is 5.95. The Balaban J connectivity index is 2.03. The van der Waals surface area contributed by atoms with Gasteiger partial charge < -0.3 is 10.1 Å². The number of hydrogen-bond acceptors (Lipinski definition) is 3. The lowest BCUT2D eigenvalue weighted by Gasteiger charge is -2.12. The van der Waals surface area contributed by atoms with Crippen LogP contribution in [0.5, 0.6) is 5.75 Å². The third kappa shape index (κ3) is 2.68. The van der Waals surface area contributed by atoms with Crippen molar-refractivity contribution in [3.8, 4) is 5.75 Å². The molecule has 0 amide bonds. The van der Waals surface area contributed by atoms with Gasteiger partial charge in [-0.25, -0.2) is 0 Å². The van der Waals surface area contributed by atoms with Crippen LogP contribution in [-0.2, 0) is 0 Å². The number of nitrogens with one attached hydrogen (secondary N) is 1. The summed E-state index contributed by atoms with van der Waals surface area (Å²) in [4.78, 5) is 4.49. The molecule has 2 aromatic carbocycles. The Morgan fingerprint density at radius 3 is 2.48 bits per heavy atom. The van der Waals surface area contributed by atoms with Crippen LogP contribution in [0.2, 0.25) is 0 Å². The Labute approximate surface area is 124 Å². The second-order valence-corrected chi connectivity index (χ2v) is 5.19. The molecule has 0 atom stereocenters. The first kappa shape index (κ1) is 13.4. The van der Waals surface area contributed by atoms with Crippen LogP contribution in [0.3, 0.4) is 0 Å². The molecule has 0 aliphatic rings. The smallest absolute Gasteiger partial charge is 0.119 e. The molecule has 0 radical (unpaired) electrons. The minimum atomic E-state index is 0.854. The first-order valence-corrected chi connectivity index (χ1v) is 6.94. The first-order valence-electron chi connectivity index (χ1n) is 6.94. The van der Waals surface area contributed by atoms with Crippen LogP contribution >= 0.6 is 0 Å². The SMILES string of the molecule is COc1ccc(Nc2ccnc3c(C)cc(C)cc23)cc1. The Morgan fingerprint density at radius 2 is 1.76 bits per heavy atom. The molecule has 1 aromatic heterocycles. The predicted octanol–water partition coefficient (Wildman–Crippen LogP) is 4.60.